The van der Waals surface area contributed by atoms with Gasteiger partial charge in [-0.1, -0.05) is 0 Å². The van der Waals surface area contributed by atoms with Crippen molar-refractivity contribution in [3.63, 3.8) is 0 Å². The molecule has 0 bridgehead atoms. The third kappa shape index (κ3) is 1.95. The van der Waals surface area contributed by atoms with Crippen molar-refractivity contribution in [2.45, 2.75) is 13.8 Å². The number of H-pyrrole nitrogens is 1. The lowest BCUT2D eigenvalue weighted by Crippen LogP contribution is -2.00. The number of carbonyl (C=O) groups is 1. The highest BCUT2D eigenvalue weighted by molar-refractivity contribution is 5.93. The molecule has 94 valence electrons. The third-order valence-corrected chi connectivity index (χ3v) is 2.85. The number of aromatic carboxylic acids is 1. The minimum Gasteiger partial charge on any atom is -0.496 e. The Morgan fingerprint density at radius 2 is 2.06 bits per heavy atom. The number of ether oxygens (including phenoxy) is 1. The molecule has 2 N–H and O–H groups in total. The minimum absolute atomic E-state index is 0.0997. The molecule has 0 fully saturated rings. The molecule has 1 heterocycles. The molecule has 0 aliphatic carbocycles. The maximum absolute atomic E-state index is 11.1. The van der Waals surface area contributed by atoms with Crippen LogP contribution in [0.2, 0.25) is 0 Å². The van der Waals surface area contributed by atoms with E-state index in [1.807, 2.05) is 26.0 Å². The molecule has 1 aromatic carbocycles. The fourth-order valence-electron chi connectivity index (χ4n) is 1.93. The first-order valence-corrected chi connectivity index (χ1v) is 5.47. The Balaban J connectivity index is 2.61. The molecule has 0 aliphatic rings. The Labute approximate surface area is 104 Å². The van der Waals surface area contributed by atoms with E-state index in [-0.39, 0.29) is 5.69 Å². The normalized spacial score (nSPS) is 10.4. The van der Waals surface area contributed by atoms with E-state index in [0.29, 0.717) is 5.69 Å². The molecule has 0 atom stereocenters. The number of carboxylic acid groups (broad SMARTS) is 1. The zero-order valence-corrected chi connectivity index (χ0v) is 10.4. The molecule has 1 aromatic heterocycles. The summed E-state index contributed by atoms with van der Waals surface area (Å²) in [4.78, 5) is 17.8. The summed E-state index contributed by atoms with van der Waals surface area (Å²) in [6.07, 6.45) is 1.39. The molecule has 0 aliphatic heterocycles. The Morgan fingerprint density at radius 3 is 2.67 bits per heavy atom. The SMILES string of the molecule is COc1cc(C)c(-c2nc[nH]c2C(=O)O)cc1C. The first-order chi connectivity index (χ1) is 8.54. The largest absolute Gasteiger partial charge is 0.496 e. The number of nitrogens with zero attached hydrogens (tertiary/aromatic N) is 1. The summed E-state index contributed by atoms with van der Waals surface area (Å²) in [7, 11) is 1.61. The average Bonchev–Trinajstić information content (AvgIpc) is 2.80. The Kier molecular flexibility index (Phi) is 3.06. The topological polar surface area (TPSA) is 75.2 Å². The predicted octanol–water partition coefficient (Wildman–Crippen LogP) is 2.40. The zero-order chi connectivity index (χ0) is 13.3. The van der Waals surface area contributed by atoms with Crippen molar-refractivity contribution in [3.05, 3.63) is 35.3 Å². The Morgan fingerprint density at radius 1 is 1.33 bits per heavy atom. The van der Waals surface area contributed by atoms with E-state index in [4.69, 9.17) is 9.84 Å². The number of aromatic amines is 1. The van der Waals surface area contributed by atoms with Crippen molar-refractivity contribution in [2.24, 2.45) is 0 Å². The van der Waals surface area contributed by atoms with Crippen molar-refractivity contribution < 1.29 is 14.6 Å². The first-order valence-electron chi connectivity index (χ1n) is 5.47. The molecule has 2 rings (SSSR count). The van der Waals surface area contributed by atoms with Crippen molar-refractivity contribution in [2.75, 3.05) is 7.11 Å². The number of carboxylic acids is 1. The number of hydrogen-bond donors (Lipinski definition) is 2. The number of rotatable bonds is 3. The van der Waals surface area contributed by atoms with E-state index in [1.54, 1.807) is 7.11 Å². The Bertz CT molecular complexity index is 602. The lowest BCUT2D eigenvalue weighted by atomic mass is 10.0. The highest BCUT2D eigenvalue weighted by Gasteiger charge is 2.17. The van der Waals surface area contributed by atoms with Gasteiger partial charge in [-0.05, 0) is 37.1 Å². The summed E-state index contributed by atoms with van der Waals surface area (Å²) in [5.74, 6) is -0.237. The van der Waals surface area contributed by atoms with Crippen molar-refractivity contribution in [3.8, 4) is 17.0 Å². The average molecular weight is 246 g/mol. The van der Waals surface area contributed by atoms with E-state index in [1.165, 1.54) is 6.33 Å². The van der Waals surface area contributed by atoms with Crippen LogP contribution in [0.4, 0.5) is 0 Å². The summed E-state index contributed by atoms with van der Waals surface area (Å²) >= 11 is 0. The fourth-order valence-corrected chi connectivity index (χ4v) is 1.93. The second-order valence-electron chi connectivity index (χ2n) is 4.07. The van der Waals surface area contributed by atoms with Gasteiger partial charge in [-0.2, -0.15) is 0 Å². The van der Waals surface area contributed by atoms with Gasteiger partial charge in [-0.3, -0.25) is 0 Å². The van der Waals surface area contributed by atoms with Crippen molar-refractivity contribution in [1.29, 1.82) is 0 Å². The molecule has 5 nitrogen and oxygen atoms in total. The molecule has 0 saturated carbocycles. The minimum atomic E-state index is -1.02. The summed E-state index contributed by atoms with van der Waals surface area (Å²) in [6, 6.07) is 3.77. The third-order valence-electron chi connectivity index (χ3n) is 2.85. The molecule has 5 heteroatoms. The second kappa shape index (κ2) is 4.52. The van der Waals surface area contributed by atoms with E-state index < -0.39 is 5.97 Å². The van der Waals surface area contributed by atoms with Crippen LogP contribution in [0.25, 0.3) is 11.3 Å². The molecular weight excluding hydrogens is 232 g/mol. The fraction of sp³-hybridized carbons (Fsp3) is 0.231. The van der Waals surface area contributed by atoms with Gasteiger partial charge in [0.05, 0.1) is 13.4 Å². The summed E-state index contributed by atoms with van der Waals surface area (Å²) in [5, 5.41) is 9.08. The summed E-state index contributed by atoms with van der Waals surface area (Å²) in [5.41, 5.74) is 3.21. The highest BCUT2D eigenvalue weighted by Crippen LogP contribution is 2.30. The maximum Gasteiger partial charge on any atom is 0.354 e. The molecule has 0 saturated heterocycles. The van der Waals surface area contributed by atoms with Gasteiger partial charge < -0.3 is 14.8 Å². The number of aromatic nitrogens is 2. The summed E-state index contributed by atoms with van der Waals surface area (Å²) in [6.45, 7) is 3.81. The van der Waals surface area contributed by atoms with Crippen LogP contribution in [-0.2, 0) is 0 Å². The van der Waals surface area contributed by atoms with Crippen LogP contribution in [0.5, 0.6) is 5.75 Å². The zero-order valence-electron chi connectivity index (χ0n) is 10.4. The number of hydrogen-bond acceptors (Lipinski definition) is 3. The van der Waals surface area contributed by atoms with Gasteiger partial charge in [0.2, 0.25) is 0 Å². The maximum atomic E-state index is 11.1. The number of nitrogens with one attached hydrogen (secondary N) is 1. The molecule has 2 aromatic rings. The molecular formula is C13H14N2O3. The van der Waals surface area contributed by atoms with E-state index in [9.17, 15) is 4.79 Å². The van der Waals surface area contributed by atoms with Gasteiger partial charge in [-0.15, -0.1) is 0 Å². The van der Waals surface area contributed by atoms with Gasteiger partial charge in [0.25, 0.3) is 0 Å². The lowest BCUT2D eigenvalue weighted by Gasteiger charge is -2.10. The van der Waals surface area contributed by atoms with Crippen LogP contribution in [0.1, 0.15) is 21.6 Å². The molecule has 0 spiro atoms. The van der Waals surface area contributed by atoms with Crippen molar-refractivity contribution >= 4 is 5.97 Å². The molecule has 18 heavy (non-hydrogen) atoms. The quantitative estimate of drug-likeness (QED) is 0.872. The smallest absolute Gasteiger partial charge is 0.354 e. The molecule has 0 unspecified atom stereocenters. The number of imidazole rings is 1. The molecule has 0 amide bonds. The van der Waals surface area contributed by atoms with E-state index >= 15 is 0 Å². The number of aryl methyl sites for hydroxylation is 2. The van der Waals surface area contributed by atoms with Crippen LogP contribution >= 0.6 is 0 Å². The number of methoxy groups -OCH3 is 1. The Hall–Kier alpha value is -2.30. The van der Waals surface area contributed by atoms with Crippen LogP contribution < -0.4 is 4.74 Å². The predicted molar refractivity (Wildman–Crippen MR) is 67.0 cm³/mol. The molecule has 0 radical (unpaired) electrons. The first kappa shape index (κ1) is 12.2. The van der Waals surface area contributed by atoms with E-state index in [0.717, 1.165) is 22.4 Å². The van der Waals surface area contributed by atoms with Gasteiger partial charge in [0, 0.05) is 5.56 Å². The monoisotopic (exact) mass is 246 g/mol. The van der Waals surface area contributed by atoms with Gasteiger partial charge in [0.1, 0.15) is 11.4 Å². The highest BCUT2D eigenvalue weighted by atomic mass is 16.5. The van der Waals surface area contributed by atoms with Gasteiger partial charge >= 0.3 is 5.97 Å². The number of benzene rings is 1. The summed E-state index contributed by atoms with van der Waals surface area (Å²) < 4.78 is 5.23. The van der Waals surface area contributed by atoms with Crippen LogP contribution in [0, 0.1) is 13.8 Å². The van der Waals surface area contributed by atoms with Crippen molar-refractivity contribution in [1.82, 2.24) is 9.97 Å². The van der Waals surface area contributed by atoms with Crippen LogP contribution in [-0.4, -0.2) is 28.2 Å². The second-order valence-corrected chi connectivity index (χ2v) is 4.07. The van der Waals surface area contributed by atoms with Gasteiger partial charge in [-0.25, -0.2) is 9.78 Å². The van der Waals surface area contributed by atoms with Crippen LogP contribution in [0.15, 0.2) is 18.5 Å². The van der Waals surface area contributed by atoms with Gasteiger partial charge in [0.15, 0.2) is 5.69 Å². The van der Waals surface area contributed by atoms with Crippen LogP contribution in [0.3, 0.4) is 0 Å². The lowest BCUT2D eigenvalue weighted by molar-refractivity contribution is 0.0692. The standard InChI is InChI=1S/C13H14N2O3/c1-7-5-10(18-3)8(2)4-9(7)11-12(13(16)17)15-6-14-11/h4-6H,1-3H3,(H,14,15)(H,16,17). The van der Waals surface area contributed by atoms with E-state index in [2.05, 4.69) is 9.97 Å².